The van der Waals surface area contributed by atoms with Crippen molar-refractivity contribution in [2.45, 2.75) is 45.4 Å². The number of halogens is 2. The summed E-state index contributed by atoms with van der Waals surface area (Å²) in [4.78, 5) is 13.5. The molecule has 0 N–H and O–H groups in total. The minimum absolute atomic E-state index is 0.166. The highest BCUT2D eigenvalue weighted by Gasteiger charge is 2.10. The molecule has 0 rings (SSSR count). The van der Waals surface area contributed by atoms with Crippen LogP contribution in [0.1, 0.15) is 45.4 Å². The van der Waals surface area contributed by atoms with Gasteiger partial charge in [0.25, 0.3) is 0 Å². The average molecular weight is 296 g/mol. The Balaban J connectivity index is 3.69. The normalized spacial score (nSPS) is 10.4. The first-order valence-corrected chi connectivity index (χ1v) is 7.28. The van der Waals surface area contributed by atoms with Crippen molar-refractivity contribution in [3.05, 3.63) is 0 Å². The summed E-state index contributed by atoms with van der Waals surface area (Å²) in [5, 5.41) is 0.404. The van der Waals surface area contributed by atoms with Gasteiger partial charge in [-0.25, -0.2) is 0 Å². The predicted octanol–water partition coefficient (Wildman–Crippen LogP) is 3.54. The van der Waals surface area contributed by atoms with Gasteiger partial charge in [-0.15, -0.1) is 0 Å². The van der Waals surface area contributed by atoms with Crippen LogP contribution < -0.4 is 0 Å². The maximum Gasteiger partial charge on any atom is 0.233 e. The number of alkyl halides is 2. The zero-order chi connectivity index (χ0) is 12.2. The number of unbranched alkanes of at least 4 members (excludes halogenated alkanes) is 4. The van der Waals surface area contributed by atoms with Gasteiger partial charge in [0.1, 0.15) is 0 Å². The van der Waals surface area contributed by atoms with Gasteiger partial charge >= 0.3 is 0 Å². The van der Waals surface area contributed by atoms with Crippen LogP contribution in [0.25, 0.3) is 0 Å². The van der Waals surface area contributed by atoms with E-state index in [1.54, 1.807) is 0 Å². The predicted molar refractivity (Wildman–Crippen MR) is 69.7 cm³/mol. The summed E-state index contributed by atoms with van der Waals surface area (Å²) in [7, 11) is 0. The molecule has 0 saturated heterocycles. The van der Waals surface area contributed by atoms with E-state index in [-0.39, 0.29) is 12.6 Å². The van der Waals surface area contributed by atoms with Crippen LogP contribution in [0.4, 0.5) is 4.39 Å². The summed E-state index contributed by atoms with van der Waals surface area (Å²) in [6, 6.07) is 0. The second-order valence-corrected chi connectivity index (χ2v) is 4.53. The molecule has 0 heterocycles. The number of nitrogens with zero attached hydrogens (tertiary/aromatic N) is 1. The molecule has 0 aromatic rings. The first-order valence-electron chi connectivity index (χ1n) is 6.16. The first kappa shape index (κ1) is 15.9. The minimum Gasteiger partial charge on any atom is -0.342 e. The van der Waals surface area contributed by atoms with Gasteiger partial charge in [-0.2, -0.15) is 0 Å². The Morgan fingerprint density at radius 2 is 1.75 bits per heavy atom. The summed E-state index contributed by atoms with van der Waals surface area (Å²) in [5.41, 5.74) is 0. The SMILES string of the molecule is CCCCN(CCCCCCF)C(=O)CBr. The van der Waals surface area contributed by atoms with Gasteiger partial charge in [-0.1, -0.05) is 42.1 Å². The summed E-state index contributed by atoms with van der Waals surface area (Å²) >= 11 is 3.20. The quantitative estimate of drug-likeness (QED) is 0.446. The van der Waals surface area contributed by atoms with Crippen LogP contribution >= 0.6 is 15.9 Å². The van der Waals surface area contributed by atoms with Gasteiger partial charge in [0.15, 0.2) is 0 Å². The Morgan fingerprint density at radius 1 is 1.12 bits per heavy atom. The zero-order valence-electron chi connectivity index (χ0n) is 10.2. The highest BCUT2D eigenvalue weighted by atomic mass is 79.9. The number of carbonyl (C=O) groups excluding carboxylic acids is 1. The van der Waals surface area contributed by atoms with Gasteiger partial charge in [0.2, 0.25) is 5.91 Å². The van der Waals surface area contributed by atoms with Gasteiger partial charge in [-0.3, -0.25) is 9.18 Å². The van der Waals surface area contributed by atoms with E-state index < -0.39 is 0 Å². The minimum atomic E-state index is -0.222. The van der Waals surface area contributed by atoms with Crippen molar-refractivity contribution >= 4 is 21.8 Å². The fourth-order valence-corrected chi connectivity index (χ4v) is 1.90. The second-order valence-electron chi connectivity index (χ2n) is 3.97. The third-order valence-corrected chi connectivity index (χ3v) is 3.04. The number of carbonyl (C=O) groups is 1. The molecule has 0 unspecified atom stereocenters. The maximum atomic E-state index is 11.9. The van der Waals surface area contributed by atoms with Crippen LogP contribution in [0.5, 0.6) is 0 Å². The van der Waals surface area contributed by atoms with E-state index in [0.717, 1.165) is 45.2 Å². The third kappa shape index (κ3) is 8.08. The van der Waals surface area contributed by atoms with E-state index in [2.05, 4.69) is 22.9 Å². The monoisotopic (exact) mass is 295 g/mol. The fourth-order valence-electron chi connectivity index (χ4n) is 1.55. The Kier molecular flexibility index (Phi) is 11.3. The number of hydrogen-bond donors (Lipinski definition) is 0. The van der Waals surface area contributed by atoms with Crippen LogP contribution in [0.3, 0.4) is 0 Å². The highest BCUT2D eigenvalue weighted by Crippen LogP contribution is 2.05. The Bertz CT molecular complexity index is 178. The molecule has 2 nitrogen and oxygen atoms in total. The largest absolute Gasteiger partial charge is 0.342 e. The van der Waals surface area contributed by atoms with Crippen molar-refractivity contribution in [1.82, 2.24) is 4.90 Å². The molecule has 1 amide bonds. The molecule has 0 aromatic carbocycles. The third-order valence-electron chi connectivity index (χ3n) is 2.56. The van der Waals surface area contributed by atoms with Crippen molar-refractivity contribution in [1.29, 1.82) is 0 Å². The van der Waals surface area contributed by atoms with E-state index in [4.69, 9.17) is 0 Å². The molecular formula is C12H23BrFNO. The number of amides is 1. The summed E-state index contributed by atoms with van der Waals surface area (Å²) in [6.07, 6.45) is 5.75. The Morgan fingerprint density at radius 3 is 2.31 bits per heavy atom. The average Bonchev–Trinajstić information content (AvgIpc) is 2.31. The lowest BCUT2D eigenvalue weighted by Gasteiger charge is -2.21. The smallest absolute Gasteiger partial charge is 0.233 e. The molecule has 96 valence electrons. The number of rotatable bonds is 10. The van der Waals surface area contributed by atoms with Crippen LogP contribution in [0, 0.1) is 0 Å². The van der Waals surface area contributed by atoms with Crippen LogP contribution in [0.15, 0.2) is 0 Å². The summed E-state index contributed by atoms with van der Waals surface area (Å²) in [6.45, 7) is 3.57. The molecule has 4 heteroatoms. The van der Waals surface area contributed by atoms with E-state index >= 15 is 0 Å². The molecule has 0 aliphatic heterocycles. The second kappa shape index (κ2) is 11.4. The van der Waals surface area contributed by atoms with Gasteiger partial charge in [-0.05, 0) is 19.3 Å². The summed E-state index contributed by atoms with van der Waals surface area (Å²) in [5.74, 6) is 0.166. The van der Waals surface area contributed by atoms with Crippen LogP contribution in [-0.2, 0) is 4.79 Å². The highest BCUT2D eigenvalue weighted by molar-refractivity contribution is 9.09. The molecule has 0 spiro atoms. The van der Waals surface area contributed by atoms with Crippen molar-refractivity contribution < 1.29 is 9.18 Å². The van der Waals surface area contributed by atoms with E-state index in [9.17, 15) is 9.18 Å². The van der Waals surface area contributed by atoms with E-state index in [1.165, 1.54) is 0 Å². The van der Waals surface area contributed by atoms with Crippen molar-refractivity contribution in [2.75, 3.05) is 25.1 Å². The molecule has 0 aliphatic rings. The molecule has 16 heavy (non-hydrogen) atoms. The molecule has 0 bridgehead atoms. The summed E-state index contributed by atoms with van der Waals surface area (Å²) < 4.78 is 11.9. The standard InChI is InChI=1S/C12H23BrFNO/c1-2-3-9-15(12(16)11-13)10-7-5-4-6-8-14/h2-11H2,1H3. The van der Waals surface area contributed by atoms with Crippen LogP contribution in [-0.4, -0.2) is 35.9 Å². The lowest BCUT2D eigenvalue weighted by molar-refractivity contribution is -0.128. The van der Waals surface area contributed by atoms with Gasteiger partial charge < -0.3 is 4.90 Å². The lowest BCUT2D eigenvalue weighted by atomic mass is 10.2. The van der Waals surface area contributed by atoms with E-state index in [0.29, 0.717) is 11.8 Å². The topological polar surface area (TPSA) is 20.3 Å². The van der Waals surface area contributed by atoms with Crippen LogP contribution in [0.2, 0.25) is 0 Å². The van der Waals surface area contributed by atoms with Crippen molar-refractivity contribution in [3.63, 3.8) is 0 Å². The molecule has 0 aromatic heterocycles. The van der Waals surface area contributed by atoms with Crippen molar-refractivity contribution in [2.24, 2.45) is 0 Å². The molecule has 0 aliphatic carbocycles. The molecule has 0 radical (unpaired) electrons. The number of hydrogen-bond acceptors (Lipinski definition) is 1. The Hall–Kier alpha value is -0.120. The molecule has 0 saturated carbocycles. The van der Waals surface area contributed by atoms with Gasteiger partial charge in [0.05, 0.1) is 12.0 Å². The zero-order valence-corrected chi connectivity index (χ0v) is 11.8. The van der Waals surface area contributed by atoms with E-state index in [1.807, 2.05) is 4.90 Å². The lowest BCUT2D eigenvalue weighted by Crippen LogP contribution is -2.33. The molecule has 0 fully saturated rings. The first-order chi connectivity index (χ1) is 7.76. The fraction of sp³-hybridized carbons (Fsp3) is 0.917. The van der Waals surface area contributed by atoms with Crippen molar-refractivity contribution in [3.8, 4) is 0 Å². The molecular weight excluding hydrogens is 273 g/mol. The van der Waals surface area contributed by atoms with Gasteiger partial charge in [0, 0.05) is 13.1 Å². The Labute approximate surface area is 107 Å². The maximum absolute atomic E-state index is 11.9. The molecule has 0 atom stereocenters.